The van der Waals surface area contributed by atoms with Crippen molar-refractivity contribution in [2.45, 2.75) is 25.2 Å². The lowest BCUT2D eigenvalue weighted by Crippen LogP contribution is -2.29. The predicted molar refractivity (Wildman–Crippen MR) is 94.0 cm³/mol. The molecule has 1 aliphatic rings. The molecule has 0 spiro atoms. The second-order valence-electron chi connectivity index (χ2n) is 6.22. The molecule has 1 fully saturated rings. The van der Waals surface area contributed by atoms with Crippen LogP contribution in [0, 0.1) is 0 Å². The van der Waals surface area contributed by atoms with Crippen molar-refractivity contribution in [2.24, 2.45) is 0 Å². The Morgan fingerprint density at radius 3 is 2.32 bits per heavy atom. The molecule has 0 bridgehead atoms. The summed E-state index contributed by atoms with van der Waals surface area (Å²) < 4.78 is 5.71. The highest BCUT2D eigenvalue weighted by Gasteiger charge is 2.22. The van der Waals surface area contributed by atoms with Gasteiger partial charge in [-0.1, -0.05) is 24.3 Å². The molecule has 0 aliphatic heterocycles. The Bertz CT molecular complexity index is 733. The lowest BCUT2D eigenvalue weighted by atomic mass is 10.1. The van der Waals surface area contributed by atoms with Crippen LogP contribution >= 0.6 is 0 Å². The molecule has 5 nitrogen and oxygen atoms in total. The van der Waals surface area contributed by atoms with E-state index < -0.39 is 18.4 Å². The number of hydrogen-bond donors (Lipinski definition) is 2. The van der Waals surface area contributed by atoms with Crippen molar-refractivity contribution in [3.63, 3.8) is 0 Å². The van der Waals surface area contributed by atoms with Gasteiger partial charge in [-0.05, 0) is 54.2 Å². The molecular weight excluding hydrogens is 318 g/mol. The van der Waals surface area contributed by atoms with Gasteiger partial charge in [-0.25, -0.2) is 0 Å². The first-order valence-electron chi connectivity index (χ1n) is 8.43. The second-order valence-corrected chi connectivity index (χ2v) is 6.22. The standard InChI is InChI=1S/C20H21NO4/c22-19(23)13-21-20(24)17-7-9-18(10-8-17)25-12-11-14-1-3-15(4-2-14)16-5-6-16/h1-4,7-10,16H,5-6,11-13H2,(H,21,24)(H,22,23). The highest BCUT2D eigenvalue weighted by molar-refractivity contribution is 5.95. The zero-order chi connectivity index (χ0) is 17.6. The van der Waals surface area contributed by atoms with Gasteiger partial charge in [0.05, 0.1) is 6.61 Å². The van der Waals surface area contributed by atoms with Gasteiger partial charge in [-0.2, -0.15) is 0 Å². The quantitative estimate of drug-likeness (QED) is 0.775. The number of rotatable bonds is 8. The summed E-state index contributed by atoms with van der Waals surface area (Å²) in [6.45, 7) is 0.171. The van der Waals surface area contributed by atoms with E-state index in [1.807, 2.05) is 0 Å². The summed E-state index contributed by atoms with van der Waals surface area (Å²) in [4.78, 5) is 22.2. The van der Waals surface area contributed by atoms with Gasteiger partial charge in [0.25, 0.3) is 5.91 Å². The summed E-state index contributed by atoms with van der Waals surface area (Å²) in [5, 5.41) is 10.9. The maximum absolute atomic E-state index is 11.7. The fourth-order valence-electron chi connectivity index (χ4n) is 2.62. The van der Waals surface area contributed by atoms with Crippen molar-refractivity contribution >= 4 is 11.9 Å². The Balaban J connectivity index is 1.45. The van der Waals surface area contributed by atoms with Crippen LogP contribution in [-0.4, -0.2) is 30.1 Å². The molecule has 25 heavy (non-hydrogen) atoms. The first kappa shape index (κ1) is 17.0. The van der Waals surface area contributed by atoms with Crippen molar-refractivity contribution in [3.05, 3.63) is 65.2 Å². The third-order valence-corrected chi connectivity index (χ3v) is 4.20. The molecule has 0 aromatic heterocycles. The summed E-state index contributed by atoms with van der Waals surface area (Å²) in [6.07, 6.45) is 3.45. The monoisotopic (exact) mass is 339 g/mol. The Morgan fingerprint density at radius 1 is 1.04 bits per heavy atom. The maximum Gasteiger partial charge on any atom is 0.322 e. The number of amides is 1. The zero-order valence-electron chi connectivity index (χ0n) is 13.9. The minimum Gasteiger partial charge on any atom is -0.493 e. The van der Waals surface area contributed by atoms with E-state index in [-0.39, 0.29) is 0 Å². The van der Waals surface area contributed by atoms with Gasteiger partial charge in [0.2, 0.25) is 0 Å². The number of carbonyl (C=O) groups excluding carboxylic acids is 1. The number of carbonyl (C=O) groups is 2. The van der Waals surface area contributed by atoms with Crippen LogP contribution in [0.2, 0.25) is 0 Å². The van der Waals surface area contributed by atoms with Crippen LogP contribution in [0.1, 0.15) is 40.2 Å². The van der Waals surface area contributed by atoms with Crippen LogP contribution in [-0.2, 0) is 11.2 Å². The molecule has 1 saturated carbocycles. The van der Waals surface area contributed by atoms with E-state index in [1.54, 1.807) is 24.3 Å². The number of hydrogen-bond acceptors (Lipinski definition) is 3. The number of benzene rings is 2. The largest absolute Gasteiger partial charge is 0.493 e. The lowest BCUT2D eigenvalue weighted by Gasteiger charge is -2.08. The van der Waals surface area contributed by atoms with Crippen LogP contribution in [0.4, 0.5) is 0 Å². The lowest BCUT2D eigenvalue weighted by molar-refractivity contribution is -0.135. The predicted octanol–water partition coefficient (Wildman–Crippen LogP) is 3.00. The number of carboxylic acid groups (broad SMARTS) is 1. The topological polar surface area (TPSA) is 75.6 Å². The van der Waals surface area contributed by atoms with Crippen molar-refractivity contribution in [2.75, 3.05) is 13.2 Å². The summed E-state index contributed by atoms with van der Waals surface area (Å²) in [5.41, 5.74) is 3.08. The molecule has 1 aliphatic carbocycles. The van der Waals surface area contributed by atoms with Crippen LogP contribution < -0.4 is 10.1 Å². The first-order chi connectivity index (χ1) is 12.1. The first-order valence-corrected chi connectivity index (χ1v) is 8.43. The van der Waals surface area contributed by atoms with Gasteiger partial charge in [0, 0.05) is 12.0 Å². The SMILES string of the molecule is O=C(O)CNC(=O)c1ccc(OCCc2ccc(C3CC3)cc2)cc1. The number of aliphatic carboxylic acids is 1. The summed E-state index contributed by atoms with van der Waals surface area (Å²) in [5.74, 6) is -0.0240. The van der Waals surface area contributed by atoms with Gasteiger partial charge >= 0.3 is 5.97 Å². The van der Waals surface area contributed by atoms with E-state index in [0.717, 1.165) is 12.3 Å². The van der Waals surface area contributed by atoms with Gasteiger partial charge in [-0.3, -0.25) is 9.59 Å². The van der Waals surface area contributed by atoms with Gasteiger partial charge < -0.3 is 15.2 Å². The van der Waals surface area contributed by atoms with Crippen LogP contribution in [0.25, 0.3) is 0 Å². The van der Waals surface area contributed by atoms with Crippen molar-refractivity contribution in [1.29, 1.82) is 0 Å². The van der Waals surface area contributed by atoms with E-state index in [1.165, 1.54) is 24.0 Å². The number of carboxylic acids is 1. The molecule has 2 N–H and O–H groups in total. The van der Waals surface area contributed by atoms with Crippen LogP contribution in [0.5, 0.6) is 5.75 Å². The molecule has 0 heterocycles. The fraction of sp³-hybridized carbons (Fsp3) is 0.300. The minimum absolute atomic E-state index is 0.392. The third kappa shape index (κ3) is 5.08. The Labute approximate surface area is 146 Å². The average molecular weight is 339 g/mol. The van der Waals surface area contributed by atoms with E-state index in [0.29, 0.717) is 17.9 Å². The fourth-order valence-corrected chi connectivity index (χ4v) is 2.62. The van der Waals surface area contributed by atoms with E-state index in [2.05, 4.69) is 29.6 Å². The summed E-state index contributed by atoms with van der Waals surface area (Å²) >= 11 is 0. The second kappa shape index (κ2) is 7.83. The van der Waals surface area contributed by atoms with Crippen molar-refractivity contribution in [3.8, 4) is 5.75 Å². The Morgan fingerprint density at radius 2 is 1.72 bits per heavy atom. The van der Waals surface area contributed by atoms with Gasteiger partial charge in [0.1, 0.15) is 12.3 Å². The molecule has 0 unspecified atom stereocenters. The van der Waals surface area contributed by atoms with E-state index in [4.69, 9.17) is 9.84 Å². The molecule has 0 radical (unpaired) electrons. The normalized spacial score (nSPS) is 13.3. The molecule has 2 aromatic carbocycles. The molecule has 2 aromatic rings. The highest BCUT2D eigenvalue weighted by Crippen LogP contribution is 2.39. The Hall–Kier alpha value is -2.82. The molecule has 0 atom stereocenters. The molecular formula is C20H21NO4. The molecule has 3 rings (SSSR count). The molecule has 1 amide bonds. The molecule has 130 valence electrons. The zero-order valence-corrected chi connectivity index (χ0v) is 13.9. The minimum atomic E-state index is -1.07. The summed E-state index contributed by atoms with van der Waals surface area (Å²) in [6, 6.07) is 15.4. The molecule has 5 heteroatoms. The van der Waals surface area contributed by atoms with Crippen molar-refractivity contribution in [1.82, 2.24) is 5.32 Å². The van der Waals surface area contributed by atoms with Crippen LogP contribution in [0.15, 0.2) is 48.5 Å². The Kier molecular flexibility index (Phi) is 5.33. The number of ether oxygens (including phenoxy) is 1. The highest BCUT2D eigenvalue weighted by atomic mass is 16.5. The molecule has 0 saturated heterocycles. The maximum atomic E-state index is 11.7. The van der Waals surface area contributed by atoms with Crippen molar-refractivity contribution < 1.29 is 19.4 Å². The average Bonchev–Trinajstić information content (AvgIpc) is 3.46. The smallest absolute Gasteiger partial charge is 0.322 e. The van der Waals surface area contributed by atoms with E-state index in [9.17, 15) is 9.59 Å². The number of nitrogens with one attached hydrogen (secondary N) is 1. The van der Waals surface area contributed by atoms with Gasteiger partial charge in [-0.15, -0.1) is 0 Å². The van der Waals surface area contributed by atoms with E-state index >= 15 is 0 Å². The van der Waals surface area contributed by atoms with Gasteiger partial charge in [0.15, 0.2) is 0 Å². The van der Waals surface area contributed by atoms with Crippen LogP contribution in [0.3, 0.4) is 0 Å². The summed E-state index contributed by atoms with van der Waals surface area (Å²) in [7, 11) is 0. The third-order valence-electron chi connectivity index (χ3n) is 4.20.